The lowest BCUT2D eigenvalue weighted by Gasteiger charge is -2.10. The fourth-order valence-electron chi connectivity index (χ4n) is 2.01. The van der Waals surface area contributed by atoms with Gasteiger partial charge in [-0.05, 0) is 49.7 Å². The van der Waals surface area contributed by atoms with Crippen molar-refractivity contribution in [2.24, 2.45) is 0 Å². The molecule has 1 amide bonds. The van der Waals surface area contributed by atoms with Crippen LogP contribution in [0.2, 0.25) is 0 Å². The SMILES string of the molecule is Cc1ccccc1NC(=O)c1ccc(S(=O)(=O)NCC(C)O)cc1. The average molecular weight is 348 g/mol. The van der Waals surface area contributed by atoms with Crippen LogP contribution in [-0.4, -0.2) is 32.1 Å². The highest BCUT2D eigenvalue weighted by Gasteiger charge is 2.15. The van der Waals surface area contributed by atoms with Gasteiger partial charge in [0.2, 0.25) is 10.0 Å². The molecular formula is C17H20N2O4S. The van der Waals surface area contributed by atoms with Gasteiger partial charge in [-0.15, -0.1) is 0 Å². The molecule has 0 bridgehead atoms. The number of sulfonamides is 1. The number of rotatable bonds is 6. The number of benzene rings is 2. The molecule has 0 aromatic heterocycles. The van der Waals surface area contributed by atoms with Crippen LogP contribution in [0.4, 0.5) is 5.69 Å². The Hall–Kier alpha value is -2.22. The monoisotopic (exact) mass is 348 g/mol. The van der Waals surface area contributed by atoms with Crippen molar-refractivity contribution in [3.05, 3.63) is 59.7 Å². The molecule has 7 heteroatoms. The maximum absolute atomic E-state index is 12.2. The molecule has 1 atom stereocenters. The summed E-state index contributed by atoms with van der Waals surface area (Å²) in [5.41, 5.74) is 2.00. The second-order valence-corrected chi connectivity index (χ2v) is 7.26. The van der Waals surface area contributed by atoms with Crippen LogP contribution in [0.15, 0.2) is 53.4 Å². The number of hydrogen-bond donors (Lipinski definition) is 3. The lowest BCUT2D eigenvalue weighted by atomic mass is 10.1. The van der Waals surface area contributed by atoms with Gasteiger partial charge >= 0.3 is 0 Å². The van der Waals surface area contributed by atoms with E-state index in [0.717, 1.165) is 5.56 Å². The van der Waals surface area contributed by atoms with Crippen LogP contribution < -0.4 is 10.0 Å². The Bertz CT molecular complexity index is 815. The first-order valence-corrected chi connectivity index (χ1v) is 8.92. The smallest absolute Gasteiger partial charge is 0.255 e. The van der Waals surface area contributed by atoms with E-state index < -0.39 is 16.1 Å². The summed E-state index contributed by atoms with van der Waals surface area (Å²) in [5, 5.41) is 11.9. The molecule has 128 valence electrons. The van der Waals surface area contributed by atoms with Crippen molar-refractivity contribution in [3.63, 3.8) is 0 Å². The van der Waals surface area contributed by atoms with Crippen LogP contribution in [-0.2, 0) is 10.0 Å². The standard InChI is InChI=1S/C17H20N2O4S/c1-12-5-3-4-6-16(12)19-17(21)14-7-9-15(10-8-14)24(22,23)18-11-13(2)20/h3-10,13,18,20H,11H2,1-2H3,(H,19,21). The highest BCUT2D eigenvalue weighted by Crippen LogP contribution is 2.16. The van der Waals surface area contributed by atoms with E-state index in [-0.39, 0.29) is 17.3 Å². The molecule has 2 rings (SSSR count). The van der Waals surface area contributed by atoms with E-state index in [1.54, 1.807) is 6.07 Å². The molecule has 0 fully saturated rings. The first kappa shape index (κ1) is 18.1. The molecule has 2 aromatic rings. The Morgan fingerprint density at radius 1 is 1.12 bits per heavy atom. The van der Waals surface area contributed by atoms with Crippen LogP contribution in [0.5, 0.6) is 0 Å². The van der Waals surface area contributed by atoms with E-state index in [1.165, 1.54) is 31.2 Å². The van der Waals surface area contributed by atoms with Gasteiger partial charge in [-0.3, -0.25) is 4.79 Å². The molecule has 0 saturated heterocycles. The van der Waals surface area contributed by atoms with Crippen molar-refractivity contribution in [2.75, 3.05) is 11.9 Å². The number of aliphatic hydroxyl groups excluding tert-OH is 1. The third-order valence-corrected chi connectivity index (χ3v) is 4.83. The zero-order chi connectivity index (χ0) is 17.7. The lowest BCUT2D eigenvalue weighted by Crippen LogP contribution is -2.30. The zero-order valence-electron chi connectivity index (χ0n) is 13.5. The van der Waals surface area contributed by atoms with Crippen LogP contribution in [0.3, 0.4) is 0 Å². The van der Waals surface area contributed by atoms with E-state index in [9.17, 15) is 13.2 Å². The molecule has 0 aliphatic rings. The van der Waals surface area contributed by atoms with Crippen LogP contribution in [0.25, 0.3) is 0 Å². The summed E-state index contributed by atoms with van der Waals surface area (Å²) in [7, 11) is -3.71. The van der Waals surface area contributed by atoms with Crippen molar-refractivity contribution in [1.29, 1.82) is 0 Å². The molecule has 3 N–H and O–H groups in total. The first-order chi connectivity index (χ1) is 11.3. The third kappa shape index (κ3) is 4.64. The number of aliphatic hydroxyl groups is 1. The zero-order valence-corrected chi connectivity index (χ0v) is 14.3. The molecule has 0 saturated carbocycles. The quantitative estimate of drug-likeness (QED) is 0.743. The number of amides is 1. The Labute approximate surface area is 141 Å². The summed E-state index contributed by atoms with van der Waals surface area (Å²) in [5.74, 6) is -0.315. The molecule has 2 aromatic carbocycles. The van der Waals surface area contributed by atoms with Gasteiger partial charge < -0.3 is 10.4 Å². The van der Waals surface area contributed by atoms with E-state index in [4.69, 9.17) is 5.11 Å². The van der Waals surface area contributed by atoms with Crippen molar-refractivity contribution in [1.82, 2.24) is 4.72 Å². The molecule has 0 aliphatic carbocycles. The molecule has 6 nitrogen and oxygen atoms in total. The summed E-state index contributed by atoms with van der Waals surface area (Å²) >= 11 is 0. The normalized spacial score (nSPS) is 12.6. The lowest BCUT2D eigenvalue weighted by molar-refractivity contribution is 0.102. The van der Waals surface area contributed by atoms with Crippen molar-refractivity contribution in [3.8, 4) is 0 Å². The minimum atomic E-state index is -3.71. The molecule has 24 heavy (non-hydrogen) atoms. The Balaban J connectivity index is 2.11. The number of nitrogens with one attached hydrogen (secondary N) is 2. The Morgan fingerprint density at radius 2 is 1.75 bits per heavy atom. The predicted octanol–water partition coefficient (Wildman–Crippen LogP) is 1.91. The van der Waals surface area contributed by atoms with Crippen molar-refractivity contribution >= 4 is 21.6 Å². The molecule has 0 aliphatic heterocycles. The number of carbonyl (C=O) groups is 1. The van der Waals surface area contributed by atoms with Gasteiger partial charge in [0.1, 0.15) is 0 Å². The summed E-state index contributed by atoms with van der Waals surface area (Å²) in [6.07, 6.45) is -0.779. The van der Waals surface area contributed by atoms with E-state index in [0.29, 0.717) is 11.3 Å². The van der Waals surface area contributed by atoms with Gasteiger partial charge in [-0.1, -0.05) is 18.2 Å². The van der Waals surface area contributed by atoms with Crippen LogP contribution in [0, 0.1) is 6.92 Å². The summed E-state index contributed by atoms with van der Waals surface area (Å²) in [4.78, 5) is 12.3. The van der Waals surface area contributed by atoms with E-state index in [1.807, 2.05) is 25.1 Å². The molecular weight excluding hydrogens is 328 g/mol. The number of anilines is 1. The number of aryl methyl sites for hydroxylation is 1. The van der Waals surface area contributed by atoms with Crippen LogP contribution >= 0.6 is 0 Å². The van der Waals surface area contributed by atoms with Gasteiger partial charge in [-0.25, -0.2) is 13.1 Å². The van der Waals surface area contributed by atoms with Crippen LogP contribution in [0.1, 0.15) is 22.8 Å². The highest BCUT2D eigenvalue weighted by molar-refractivity contribution is 7.89. The van der Waals surface area contributed by atoms with Gasteiger partial charge in [0.05, 0.1) is 11.0 Å². The maximum Gasteiger partial charge on any atom is 0.255 e. The van der Waals surface area contributed by atoms with E-state index in [2.05, 4.69) is 10.0 Å². The number of carbonyl (C=O) groups excluding carboxylic acids is 1. The molecule has 0 heterocycles. The summed E-state index contributed by atoms with van der Waals surface area (Å²) < 4.78 is 26.4. The Kier molecular flexibility index (Phi) is 5.71. The van der Waals surface area contributed by atoms with Gasteiger partial charge in [0, 0.05) is 17.8 Å². The third-order valence-electron chi connectivity index (χ3n) is 3.39. The van der Waals surface area contributed by atoms with Crippen molar-refractivity contribution < 1.29 is 18.3 Å². The Morgan fingerprint density at radius 3 is 2.33 bits per heavy atom. The van der Waals surface area contributed by atoms with Gasteiger partial charge in [0.25, 0.3) is 5.91 Å². The molecule has 0 spiro atoms. The number of hydrogen-bond acceptors (Lipinski definition) is 4. The summed E-state index contributed by atoms with van der Waals surface area (Å²) in [6, 6.07) is 13.0. The van der Waals surface area contributed by atoms with Gasteiger partial charge in [-0.2, -0.15) is 0 Å². The fourth-order valence-corrected chi connectivity index (χ4v) is 3.13. The van der Waals surface area contributed by atoms with E-state index >= 15 is 0 Å². The average Bonchev–Trinajstić information content (AvgIpc) is 2.55. The topological polar surface area (TPSA) is 95.5 Å². The largest absolute Gasteiger partial charge is 0.392 e. The minimum Gasteiger partial charge on any atom is -0.392 e. The second kappa shape index (κ2) is 7.57. The van der Waals surface area contributed by atoms with Gasteiger partial charge in [0.15, 0.2) is 0 Å². The molecule has 0 radical (unpaired) electrons. The number of para-hydroxylation sites is 1. The highest BCUT2D eigenvalue weighted by atomic mass is 32.2. The maximum atomic E-state index is 12.2. The minimum absolute atomic E-state index is 0.0376. The molecule has 1 unspecified atom stereocenters. The summed E-state index contributed by atoms with van der Waals surface area (Å²) in [6.45, 7) is 3.30. The first-order valence-electron chi connectivity index (χ1n) is 7.44. The van der Waals surface area contributed by atoms with Crippen molar-refractivity contribution in [2.45, 2.75) is 24.8 Å². The second-order valence-electron chi connectivity index (χ2n) is 5.49. The fraction of sp³-hybridized carbons (Fsp3) is 0.235. The predicted molar refractivity (Wildman–Crippen MR) is 92.4 cm³/mol.